The van der Waals surface area contributed by atoms with Crippen molar-refractivity contribution < 1.29 is 4.79 Å². The van der Waals surface area contributed by atoms with E-state index in [1.165, 1.54) is 35.3 Å². The molecule has 2 bridgehead atoms. The van der Waals surface area contributed by atoms with Crippen LogP contribution in [0.1, 0.15) is 63.0 Å². The summed E-state index contributed by atoms with van der Waals surface area (Å²) in [6, 6.07) is 7.80. The molecule has 2 atom stereocenters. The minimum Gasteiger partial charge on any atom is -0.390 e. The lowest BCUT2D eigenvalue weighted by Crippen LogP contribution is -2.08. The van der Waals surface area contributed by atoms with E-state index in [1.54, 1.807) is 11.3 Å². The molecule has 1 heterocycles. The van der Waals surface area contributed by atoms with Crippen molar-refractivity contribution in [2.75, 3.05) is 5.73 Å². The normalized spacial score (nSPS) is 23.1. The number of anilines is 1. The van der Waals surface area contributed by atoms with Crippen LogP contribution in [0.3, 0.4) is 0 Å². The van der Waals surface area contributed by atoms with E-state index < -0.39 is 0 Å². The summed E-state index contributed by atoms with van der Waals surface area (Å²) >= 11 is 1.65. The van der Waals surface area contributed by atoms with Crippen LogP contribution in [0.5, 0.6) is 0 Å². The number of aryl methyl sites for hydroxylation is 1. The molecule has 2 aliphatic carbocycles. The van der Waals surface area contributed by atoms with Crippen LogP contribution in [-0.4, -0.2) is 5.78 Å². The number of rotatable bonds is 2. The second kappa shape index (κ2) is 4.19. The third kappa shape index (κ3) is 1.59. The SMILES string of the molecule is Cc1ccc(C(=O)c2c(N)sc3c2[C@H]2CC[C@@H]3C2)cc1. The molecule has 0 saturated heterocycles. The van der Waals surface area contributed by atoms with Gasteiger partial charge in [-0.15, -0.1) is 11.3 Å². The van der Waals surface area contributed by atoms with Crippen molar-refractivity contribution in [3.8, 4) is 0 Å². The van der Waals surface area contributed by atoms with Crippen LogP contribution < -0.4 is 5.73 Å². The van der Waals surface area contributed by atoms with Crippen LogP contribution in [0.4, 0.5) is 5.00 Å². The molecule has 1 fully saturated rings. The molecule has 3 heteroatoms. The Labute approximate surface area is 122 Å². The van der Waals surface area contributed by atoms with Crippen LogP contribution in [0.25, 0.3) is 0 Å². The summed E-state index contributed by atoms with van der Waals surface area (Å²) in [6.07, 6.45) is 3.73. The fraction of sp³-hybridized carbons (Fsp3) is 0.353. The number of fused-ring (bicyclic) bond motifs is 5. The Balaban J connectivity index is 1.82. The largest absolute Gasteiger partial charge is 0.390 e. The van der Waals surface area contributed by atoms with Crippen LogP contribution in [0.2, 0.25) is 0 Å². The Bertz CT molecular complexity index is 699. The first-order chi connectivity index (χ1) is 9.65. The second-order valence-electron chi connectivity index (χ2n) is 6.02. The number of carbonyl (C=O) groups is 1. The highest BCUT2D eigenvalue weighted by Gasteiger charge is 2.42. The van der Waals surface area contributed by atoms with E-state index in [9.17, 15) is 4.79 Å². The summed E-state index contributed by atoms with van der Waals surface area (Å²) < 4.78 is 0. The van der Waals surface area contributed by atoms with E-state index >= 15 is 0 Å². The minimum absolute atomic E-state index is 0.104. The highest BCUT2D eigenvalue weighted by molar-refractivity contribution is 7.16. The Morgan fingerprint density at radius 3 is 2.65 bits per heavy atom. The summed E-state index contributed by atoms with van der Waals surface area (Å²) in [7, 11) is 0. The van der Waals surface area contributed by atoms with Crippen molar-refractivity contribution in [1.82, 2.24) is 0 Å². The van der Waals surface area contributed by atoms with Gasteiger partial charge in [-0.05, 0) is 43.6 Å². The summed E-state index contributed by atoms with van der Waals surface area (Å²) in [5.74, 6) is 1.35. The quantitative estimate of drug-likeness (QED) is 0.838. The molecule has 20 heavy (non-hydrogen) atoms. The predicted molar refractivity (Wildman–Crippen MR) is 82.7 cm³/mol. The molecule has 0 aliphatic heterocycles. The Morgan fingerprint density at radius 1 is 1.20 bits per heavy atom. The summed E-state index contributed by atoms with van der Waals surface area (Å²) in [5, 5.41) is 0.720. The fourth-order valence-electron chi connectivity index (χ4n) is 3.75. The van der Waals surface area contributed by atoms with Gasteiger partial charge in [0.05, 0.1) is 10.6 Å². The van der Waals surface area contributed by atoms with Crippen molar-refractivity contribution in [3.63, 3.8) is 0 Å². The molecule has 4 rings (SSSR count). The molecule has 1 aromatic carbocycles. The zero-order valence-electron chi connectivity index (χ0n) is 11.5. The van der Waals surface area contributed by atoms with Gasteiger partial charge in [0, 0.05) is 10.4 Å². The van der Waals surface area contributed by atoms with E-state index in [-0.39, 0.29) is 5.78 Å². The number of thiophene rings is 1. The lowest BCUT2D eigenvalue weighted by atomic mass is 9.91. The molecule has 1 saturated carbocycles. The summed E-state index contributed by atoms with van der Waals surface area (Å²) in [5.41, 5.74) is 10.2. The van der Waals surface area contributed by atoms with Crippen molar-refractivity contribution >= 4 is 22.1 Å². The van der Waals surface area contributed by atoms with Crippen molar-refractivity contribution in [2.24, 2.45) is 0 Å². The third-order valence-electron chi connectivity index (χ3n) is 4.75. The molecular formula is C17H17NOS. The maximum atomic E-state index is 12.8. The lowest BCUT2D eigenvalue weighted by Gasteiger charge is -2.12. The first-order valence-corrected chi connectivity index (χ1v) is 8.00. The van der Waals surface area contributed by atoms with E-state index in [0.717, 1.165) is 16.1 Å². The molecule has 0 unspecified atom stereocenters. The molecule has 2 N–H and O–H groups in total. The van der Waals surface area contributed by atoms with Gasteiger partial charge in [-0.3, -0.25) is 4.79 Å². The second-order valence-corrected chi connectivity index (χ2v) is 7.11. The van der Waals surface area contributed by atoms with Gasteiger partial charge in [0.1, 0.15) is 0 Å². The molecule has 102 valence electrons. The molecular weight excluding hydrogens is 266 g/mol. The number of benzene rings is 1. The highest BCUT2D eigenvalue weighted by atomic mass is 32.1. The highest BCUT2D eigenvalue weighted by Crippen LogP contribution is 2.58. The summed E-state index contributed by atoms with van der Waals surface area (Å²) in [6.45, 7) is 2.03. The van der Waals surface area contributed by atoms with Crippen LogP contribution in [0.15, 0.2) is 24.3 Å². The Kier molecular flexibility index (Phi) is 2.55. The number of nitrogen functional groups attached to an aromatic ring is 1. The topological polar surface area (TPSA) is 43.1 Å². The van der Waals surface area contributed by atoms with Gasteiger partial charge >= 0.3 is 0 Å². The van der Waals surface area contributed by atoms with E-state index in [1.807, 2.05) is 31.2 Å². The average Bonchev–Trinajstić information content (AvgIpc) is 3.09. The monoisotopic (exact) mass is 283 g/mol. The number of ketones is 1. The molecule has 0 spiro atoms. The van der Waals surface area contributed by atoms with E-state index in [0.29, 0.717) is 11.8 Å². The van der Waals surface area contributed by atoms with Gasteiger partial charge < -0.3 is 5.73 Å². The first-order valence-electron chi connectivity index (χ1n) is 7.18. The van der Waals surface area contributed by atoms with Gasteiger partial charge in [-0.2, -0.15) is 0 Å². The third-order valence-corrected chi connectivity index (χ3v) is 5.95. The van der Waals surface area contributed by atoms with Gasteiger partial charge in [-0.25, -0.2) is 0 Å². The lowest BCUT2D eigenvalue weighted by molar-refractivity contribution is 0.103. The molecule has 2 aliphatic rings. The molecule has 0 radical (unpaired) electrons. The fourth-order valence-corrected chi connectivity index (χ4v) is 5.06. The maximum Gasteiger partial charge on any atom is 0.196 e. The van der Waals surface area contributed by atoms with Crippen LogP contribution >= 0.6 is 11.3 Å². The zero-order valence-corrected chi connectivity index (χ0v) is 12.3. The maximum absolute atomic E-state index is 12.8. The number of hydrogen-bond acceptors (Lipinski definition) is 3. The Hall–Kier alpha value is -1.61. The number of carbonyl (C=O) groups excluding carboxylic acids is 1. The Morgan fingerprint density at radius 2 is 1.90 bits per heavy atom. The van der Waals surface area contributed by atoms with Gasteiger partial charge in [0.15, 0.2) is 5.78 Å². The molecule has 0 amide bonds. The van der Waals surface area contributed by atoms with Crippen molar-refractivity contribution in [2.45, 2.75) is 38.0 Å². The van der Waals surface area contributed by atoms with Crippen LogP contribution in [-0.2, 0) is 0 Å². The van der Waals surface area contributed by atoms with Crippen LogP contribution in [0, 0.1) is 6.92 Å². The first kappa shape index (κ1) is 12.2. The standard InChI is InChI=1S/C17H17NOS/c1-9-2-4-10(5-3-9)15(19)14-13-11-6-7-12(8-11)16(13)20-17(14)18/h2-5,11-12H,6-8,18H2,1H3/t11-,12+/m0/s1. The zero-order chi connectivity index (χ0) is 13.9. The van der Waals surface area contributed by atoms with E-state index in [4.69, 9.17) is 5.73 Å². The van der Waals surface area contributed by atoms with Gasteiger partial charge in [-0.1, -0.05) is 29.8 Å². The smallest absolute Gasteiger partial charge is 0.196 e. The number of nitrogens with two attached hydrogens (primary N) is 1. The van der Waals surface area contributed by atoms with Crippen molar-refractivity contribution in [3.05, 3.63) is 51.4 Å². The minimum atomic E-state index is 0.104. The van der Waals surface area contributed by atoms with Gasteiger partial charge in [0.25, 0.3) is 0 Å². The molecule has 1 aromatic heterocycles. The predicted octanol–water partition coefficient (Wildman–Crippen LogP) is 4.23. The number of hydrogen-bond donors (Lipinski definition) is 1. The van der Waals surface area contributed by atoms with Crippen molar-refractivity contribution in [1.29, 1.82) is 0 Å². The van der Waals surface area contributed by atoms with E-state index in [2.05, 4.69) is 0 Å². The van der Waals surface area contributed by atoms with Gasteiger partial charge in [0.2, 0.25) is 0 Å². The molecule has 2 nitrogen and oxygen atoms in total. The molecule has 2 aromatic rings. The average molecular weight is 283 g/mol. The summed E-state index contributed by atoms with van der Waals surface area (Å²) in [4.78, 5) is 14.2.